The molecule has 0 aromatic carbocycles. The summed E-state index contributed by atoms with van der Waals surface area (Å²) in [6.07, 6.45) is 2.41. The number of rotatable bonds is 4. The van der Waals surface area contributed by atoms with Gasteiger partial charge in [-0.1, -0.05) is 13.3 Å². The van der Waals surface area contributed by atoms with E-state index in [1.165, 1.54) is 12.8 Å². The molecule has 0 radical (unpaired) electrons. The summed E-state index contributed by atoms with van der Waals surface area (Å²) in [5.41, 5.74) is 6.45. The summed E-state index contributed by atoms with van der Waals surface area (Å²) in [4.78, 5) is 5.04. The first-order valence-corrected chi connectivity index (χ1v) is 6.52. The zero-order valence-electron chi connectivity index (χ0n) is 11.7. The number of nitrogens with two attached hydrogens (primary N) is 1. The second-order valence-electron chi connectivity index (χ2n) is 6.11. The lowest BCUT2D eigenvalue weighted by Crippen LogP contribution is -2.64. The van der Waals surface area contributed by atoms with Crippen LogP contribution in [0.5, 0.6) is 0 Å². The second-order valence-corrected chi connectivity index (χ2v) is 6.11. The number of nitrogens with zero attached hydrogens (tertiary/aromatic N) is 2. The van der Waals surface area contributed by atoms with Crippen molar-refractivity contribution in [2.45, 2.75) is 51.6 Å². The Balaban J connectivity index is 2.73. The lowest BCUT2D eigenvalue weighted by molar-refractivity contribution is -0.0186. The van der Waals surface area contributed by atoms with Crippen LogP contribution in [-0.4, -0.2) is 54.1 Å². The summed E-state index contributed by atoms with van der Waals surface area (Å²) in [6.45, 7) is 13.4. The molecule has 96 valence electrons. The molecule has 0 amide bonds. The molecular formula is C13H29N3. The quantitative estimate of drug-likeness (QED) is 0.790. The van der Waals surface area contributed by atoms with E-state index in [-0.39, 0.29) is 11.1 Å². The fraction of sp³-hybridized carbons (Fsp3) is 1.00. The largest absolute Gasteiger partial charge is 0.329 e. The zero-order chi connectivity index (χ0) is 12.4. The van der Waals surface area contributed by atoms with E-state index in [9.17, 15) is 0 Å². The van der Waals surface area contributed by atoms with Gasteiger partial charge in [0.2, 0.25) is 0 Å². The fourth-order valence-corrected chi connectivity index (χ4v) is 2.63. The second kappa shape index (κ2) is 5.03. The van der Waals surface area contributed by atoms with E-state index in [1.807, 2.05) is 0 Å². The van der Waals surface area contributed by atoms with Crippen LogP contribution in [0.2, 0.25) is 0 Å². The molecule has 0 saturated carbocycles. The van der Waals surface area contributed by atoms with Gasteiger partial charge in [-0.25, -0.2) is 0 Å². The average Bonchev–Trinajstić information content (AvgIpc) is 2.22. The van der Waals surface area contributed by atoms with E-state index >= 15 is 0 Å². The molecule has 0 bridgehead atoms. The van der Waals surface area contributed by atoms with Gasteiger partial charge in [0, 0.05) is 37.3 Å². The Morgan fingerprint density at radius 3 is 2.38 bits per heavy atom. The van der Waals surface area contributed by atoms with Crippen molar-refractivity contribution in [2.75, 3.05) is 33.2 Å². The first kappa shape index (κ1) is 13.9. The molecule has 1 aliphatic rings. The molecule has 16 heavy (non-hydrogen) atoms. The normalized spacial score (nSPS) is 26.6. The molecule has 1 heterocycles. The van der Waals surface area contributed by atoms with Gasteiger partial charge in [-0.2, -0.15) is 0 Å². The molecule has 1 unspecified atom stereocenters. The Kier molecular flexibility index (Phi) is 4.38. The summed E-state index contributed by atoms with van der Waals surface area (Å²) in [5.74, 6) is 0. The SMILES string of the molecule is CCCC(C)(CN)N1CCN(C)C(C)(C)C1. The highest BCUT2D eigenvalue weighted by molar-refractivity contribution is 4.96. The summed E-state index contributed by atoms with van der Waals surface area (Å²) >= 11 is 0. The van der Waals surface area contributed by atoms with E-state index in [1.54, 1.807) is 0 Å². The Labute approximate surface area is 101 Å². The molecule has 1 aliphatic heterocycles. The summed E-state index contributed by atoms with van der Waals surface area (Å²) < 4.78 is 0. The highest BCUT2D eigenvalue weighted by atomic mass is 15.3. The summed E-state index contributed by atoms with van der Waals surface area (Å²) in [5, 5.41) is 0. The molecule has 0 spiro atoms. The first-order valence-electron chi connectivity index (χ1n) is 6.52. The van der Waals surface area contributed by atoms with E-state index < -0.39 is 0 Å². The van der Waals surface area contributed by atoms with E-state index in [2.05, 4.69) is 44.5 Å². The van der Waals surface area contributed by atoms with Crippen LogP contribution >= 0.6 is 0 Å². The standard InChI is InChI=1S/C13H29N3/c1-6-7-13(4,10-14)16-9-8-15(5)12(2,3)11-16/h6-11,14H2,1-5H3. The van der Waals surface area contributed by atoms with Gasteiger partial charge in [-0.3, -0.25) is 9.80 Å². The van der Waals surface area contributed by atoms with Gasteiger partial charge in [0.05, 0.1) is 0 Å². The van der Waals surface area contributed by atoms with Gasteiger partial charge in [-0.15, -0.1) is 0 Å². The Hall–Kier alpha value is -0.120. The number of piperazine rings is 1. The van der Waals surface area contributed by atoms with Crippen LogP contribution in [-0.2, 0) is 0 Å². The van der Waals surface area contributed by atoms with E-state index in [0.717, 1.165) is 26.2 Å². The molecule has 1 atom stereocenters. The molecule has 0 aliphatic carbocycles. The van der Waals surface area contributed by atoms with Crippen molar-refractivity contribution >= 4 is 0 Å². The lowest BCUT2D eigenvalue weighted by atomic mass is 9.89. The van der Waals surface area contributed by atoms with Crippen LogP contribution in [0.15, 0.2) is 0 Å². The van der Waals surface area contributed by atoms with Gasteiger partial charge < -0.3 is 5.73 Å². The van der Waals surface area contributed by atoms with Gasteiger partial charge in [0.1, 0.15) is 0 Å². The van der Waals surface area contributed by atoms with Crippen LogP contribution < -0.4 is 5.73 Å². The van der Waals surface area contributed by atoms with Crippen LogP contribution in [0.25, 0.3) is 0 Å². The molecule has 3 heteroatoms. The van der Waals surface area contributed by atoms with Crippen molar-refractivity contribution in [1.82, 2.24) is 9.80 Å². The van der Waals surface area contributed by atoms with Crippen molar-refractivity contribution in [2.24, 2.45) is 5.73 Å². The third kappa shape index (κ3) is 2.76. The van der Waals surface area contributed by atoms with Crippen LogP contribution in [0.4, 0.5) is 0 Å². The van der Waals surface area contributed by atoms with Crippen molar-refractivity contribution in [3.8, 4) is 0 Å². The van der Waals surface area contributed by atoms with Crippen LogP contribution in [0.3, 0.4) is 0 Å². The topological polar surface area (TPSA) is 32.5 Å². The molecule has 0 aromatic heterocycles. The van der Waals surface area contributed by atoms with Crippen LogP contribution in [0, 0.1) is 0 Å². The number of likely N-dealkylation sites (N-methyl/N-ethyl adjacent to an activating group) is 1. The van der Waals surface area contributed by atoms with Crippen LogP contribution in [0.1, 0.15) is 40.5 Å². The average molecular weight is 227 g/mol. The zero-order valence-corrected chi connectivity index (χ0v) is 11.7. The smallest absolute Gasteiger partial charge is 0.0304 e. The highest BCUT2D eigenvalue weighted by Crippen LogP contribution is 2.27. The lowest BCUT2D eigenvalue weighted by Gasteiger charge is -2.52. The monoisotopic (exact) mass is 227 g/mol. The third-order valence-electron chi connectivity index (χ3n) is 4.31. The minimum atomic E-state index is 0.188. The fourth-order valence-electron chi connectivity index (χ4n) is 2.63. The molecule has 1 saturated heterocycles. The van der Waals surface area contributed by atoms with Gasteiger partial charge >= 0.3 is 0 Å². The molecular weight excluding hydrogens is 198 g/mol. The molecule has 1 fully saturated rings. The van der Waals surface area contributed by atoms with Gasteiger partial charge in [0.25, 0.3) is 0 Å². The predicted molar refractivity (Wildman–Crippen MR) is 70.6 cm³/mol. The minimum absolute atomic E-state index is 0.188. The Morgan fingerprint density at radius 1 is 1.31 bits per heavy atom. The maximum absolute atomic E-state index is 5.99. The third-order valence-corrected chi connectivity index (χ3v) is 4.31. The first-order chi connectivity index (χ1) is 7.35. The predicted octanol–water partition coefficient (Wildman–Crippen LogP) is 1.53. The maximum Gasteiger partial charge on any atom is 0.0304 e. The van der Waals surface area contributed by atoms with Gasteiger partial charge in [0.15, 0.2) is 0 Å². The molecule has 2 N–H and O–H groups in total. The maximum atomic E-state index is 5.99. The van der Waals surface area contributed by atoms with Crippen molar-refractivity contribution in [1.29, 1.82) is 0 Å². The van der Waals surface area contributed by atoms with Crippen molar-refractivity contribution < 1.29 is 0 Å². The minimum Gasteiger partial charge on any atom is -0.329 e. The van der Waals surface area contributed by atoms with Gasteiger partial charge in [-0.05, 0) is 34.2 Å². The molecule has 3 nitrogen and oxygen atoms in total. The molecule has 1 rings (SSSR count). The summed E-state index contributed by atoms with van der Waals surface area (Å²) in [7, 11) is 2.22. The van der Waals surface area contributed by atoms with E-state index in [0.29, 0.717) is 0 Å². The van der Waals surface area contributed by atoms with Crippen molar-refractivity contribution in [3.05, 3.63) is 0 Å². The van der Waals surface area contributed by atoms with E-state index in [4.69, 9.17) is 5.73 Å². The number of hydrogen-bond acceptors (Lipinski definition) is 3. The van der Waals surface area contributed by atoms with Crippen molar-refractivity contribution in [3.63, 3.8) is 0 Å². The Morgan fingerprint density at radius 2 is 1.94 bits per heavy atom. The highest BCUT2D eigenvalue weighted by Gasteiger charge is 2.38. The molecule has 0 aromatic rings. The summed E-state index contributed by atoms with van der Waals surface area (Å²) in [6, 6.07) is 0. The number of hydrogen-bond donors (Lipinski definition) is 1. The Bertz CT molecular complexity index is 227.